The Bertz CT molecular complexity index is 1470. The minimum absolute atomic E-state index is 0.175. The van der Waals surface area contributed by atoms with Crippen LogP contribution < -0.4 is 5.32 Å². The van der Waals surface area contributed by atoms with Gasteiger partial charge in [-0.05, 0) is 30.7 Å². The van der Waals surface area contributed by atoms with Crippen molar-refractivity contribution in [3.8, 4) is 11.3 Å². The van der Waals surface area contributed by atoms with E-state index in [9.17, 15) is 4.79 Å². The van der Waals surface area contributed by atoms with Gasteiger partial charge in [-0.15, -0.1) is 5.10 Å². The summed E-state index contributed by atoms with van der Waals surface area (Å²) in [5.74, 6) is -0.222. The number of fused-ring (bicyclic) bond motifs is 1. The maximum Gasteiger partial charge on any atom is 0.263 e. The first-order valence-corrected chi connectivity index (χ1v) is 10.8. The van der Waals surface area contributed by atoms with Crippen LogP contribution in [0.1, 0.15) is 21.5 Å². The van der Waals surface area contributed by atoms with Crippen molar-refractivity contribution in [3.05, 3.63) is 94.0 Å². The van der Waals surface area contributed by atoms with E-state index in [-0.39, 0.29) is 5.95 Å². The lowest BCUT2D eigenvalue weighted by molar-refractivity contribution is 0.102. The topological polar surface area (TPSA) is 90.0 Å². The van der Waals surface area contributed by atoms with Gasteiger partial charge in [-0.1, -0.05) is 59.1 Å². The summed E-state index contributed by atoms with van der Waals surface area (Å²) in [6.45, 7) is 2.46. The smallest absolute Gasteiger partial charge is 0.263 e. The molecule has 164 valence electrons. The second-order valence-electron chi connectivity index (χ2n) is 7.46. The van der Waals surface area contributed by atoms with Crippen molar-refractivity contribution < 1.29 is 4.79 Å². The molecule has 1 N–H and O–H groups in total. The predicted molar refractivity (Wildman–Crippen MR) is 127 cm³/mol. The molecule has 1 amide bonds. The van der Waals surface area contributed by atoms with E-state index >= 15 is 0 Å². The molecule has 3 heterocycles. The Hall–Kier alpha value is -3.75. The van der Waals surface area contributed by atoms with Crippen LogP contribution >= 0.6 is 23.2 Å². The number of halogens is 2. The molecule has 0 aliphatic rings. The molecule has 0 saturated heterocycles. The summed E-state index contributed by atoms with van der Waals surface area (Å²) in [7, 11) is 0. The lowest BCUT2D eigenvalue weighted by atomic mass is 10.1. The third kappa shape index (κ3) is 4.30. The Kier molecular flexibility index (Phi) is 5.53. The standard InChI is InChI=1S/C23H17Cl2N7O/c1-14-2-5-16(6-3-14)20-8-9-26-21-17(11-28-32(20)21)22(33)29-23-27-13-31(30-23)12-15-4-7-18(24)19(25)10-15/h2-11,13H,12H2,1H3,(H,29,30,33). The molecule has 0 aliphatic carbocycles. The van der Waals surface area contributed by atoms with E-state index in [4.69, 9.17) is 23.2 Å². The van der Waals surface area contributed by atoms with Crippen molar-refractivity contribution in [1.29, 1.82) is 0 Å². The highest BCUT2D eigenvalue weighted by molar-refractivity contribution is 6.42. The fourth-order valence-corrected chi connectivity index (χ4v) is 3.74. The van der Waals surface area contributed by atoms with Gasteiger partial charge in [-0.25, -0.2) is 19.2 Å². The maximum absolute atomic E-state index is 12.9. The molecule has 0 bridgehead atoms. The minimum Gasteiger partial charge on any atom is -0.289 e. The average molecular weight is 478 g/mol. The number of nitrogens with one attached hydrogen (secondary N) is 1. The molecule has 10 heteroatoms. The largest absolute Gasteiger partial charge is 0.289 e. The van der Waals surface area contributed by atoms with Gasteiger partial charge in [-0.3, -0.25) is 10.1 Å². The van der Waals surface area contributed by atoms with Crippen LogP contribution in [0.5, 0.6) is 0 Å². The van der Waals surface area contributed by atoms with Crippen molar-refractivity contribution in [2.75, 3.05) is 5.32 Å². The van der Waals surface area contributed by atoms with E-state index in [1.165, 1.54) is 12.5 Å². The molecule has 0 atom stereocenters. The zero-order valence-electron chi connectivity index (χ0n) is 17.4. The zero-order chi connectivity index (χ0) is 22.9. The molecule has 0 aliphatic heterocycles. The molecular formula is C23H17Cl2N7O. The molecular weight excluding hydrogens is 461 g/mol. The SMILES string of the molecule is Cc1ccc(-c2ccnc3c(C(=O)Nc4ncn(Cc5ccc(Cl)c(Cl)c5)n4)cnn23)cc1. The Morgan fingerprint density at radius 2 is 1.85 bits per heavy atom. The Morgan fingerprint density at radius 1 is 1.03 bits per heavy atom. The van der Waals surface area contributed by atoms with Crippen LogP contribution in [0.4, 0.5) is 5.95 Å². The highest BCUT2D eigenvalue weighted by Gasteiger charge is 2.18. The quantitative estimate of drug-likeness (QED) is 0.388. The van der Waals surface area contributed by atoms with Gasteiger partial charge >= 0.3 is 0 Å². The number of nitrogens with zero attached hydrogens (tertiary/aromatic N) is 6. The molecule has 5 aromatic rings. The summed E-state index contributed by atoms with van der Waals surface area (Å²) in [5, 5.41) is 12.4. The normalized spacial score (nSPS) is 11.1. The second-order valence-corrected chi connectivity index (χ2v) is 8.27. The van der Waals surface area contributed by atoms with Crippen molar-refractivity contribution in [2.45, 2.75) is 13.5 Å². The van der Waals surface area contributed by atoms with E-state index < -0.39 is 5.91 Å². The summed E-state index contributed by atoms with van der Waals surface area (Å²) in [5.41, 5.74) is 4.65. The van der Waals surface area contributed by atoms with Crippen LogP contribution in [0, 0.1) is 6.92 Å². The van der Waals surface area contributed by atoms with Crippen LogP contribution in [-0.4, -0.2) is 35.3 Å². The van der Waals surface area contributed by atoms with Crippen molar-refractivity contribution in [3.63, 3.8) is 0 Å². The summed E-state index contributed by atoms with van der Waals surface area (Å²) in [6.07, 6.45) is 4.68. The highest BCUT2D eigenvalue weighted by atomic mass is 35.5. The van der Waals surface area contributed by atoms with Gasteiger partial charge in [0.2, 0.25) is 5.95 Å². The van der Waals surface area contributed by atoms with Gasteiger partial charge in [0.25, 0.3) is 5.91 Å². The number of amides is 1. The molecule has 0 spiro atoms. The molecule has 0 saturated carbocycles. The lowest BCUT2D eigenvalue weighted by Crippen LogP contribution is -2.14. The van der Waals surface area contributed by atoms with Crippen molar-refractivity contribution in [2.24, 2.45) is 0 Å². The second kappa shape index (κ2) is 8.65. The first-order valence-electron chi connectivity index (χ1n) is 10.0. The van der Waals surface area contributed by atoms with Crippen LogP contribution in [0.2, 0.25) is 10.0 Å². The number of hydrogen-bond donors (Lipinski definition) is 1. The monoisotopic (exact) mass is 477 g/mol. The van der Waals surface area contributed by atoms with Crippen LogP contribution in [0.3, 0.4) is 0 Å². The number of aromatic nitrogens is 6. The number of hydrogen-bond acceptors (Lipinski definition) is 5. The third-order valence-electron chi connectivity index (χ3n) is 5.08. The maximum atomic E-state index is 12.9. The fraction of sp³-hybridized carbons (Fsp3) is 0.0870. The van der Waals surface area contributed by atoms with Crippen molar-refractivity contribution >= 4 is 40.7 Å². The van der Waals surface area contributed by atoms with Gasteiger partial charge in [0, 0.05) is 11.8 Å². The molecule has 33 heavy (non-hydrogen) atoms. The third-order valence-corrected chi connectivity index (χ3v) is 5.82. The summed E-state index contributed by atoms with van der Waals surface area (Å²) >= 11 is 12.0. The number of rotatable bonds is 5. The average Bonchev–Trinajstić information content (AvgIpc) is 3.43. The lowest BCUT2D eigenvalue weighted by Gasteiger charge is -2.05. The van der Waals surface area contributed by atoms with Gasteiger partial charge < -0.3 is 0 Å². The Morgan fingerprint density at radius 3 is 2.64 bits per heavy atom. The van der Waals surface area contributed by atoms with E-state index in [0.717, 1.165) is 22.4 Å². The molecule has 0 unspecified atom stereocenters. The molecule has 0 radical (unpaired) electrons. The van der Waals surface area contributed by atoms with Crippen LogP contribution in [-0.2, 0) is 6.54 Å². The summed E-state index contributed by atoms with van der Waals surface area (Å²) < 4.78 is 3.24. The van der Waals surface area contributed by atoms with Gasteiger partial charge in [0.1, 0.15) is 11.9 Å². The number of carbonyl (C=O) groups is 1. The summed E-state index contributed by atoms with van der Waals surface area (Å²) in [6, 6.07) is 15.3. The zero-order valence-corrected chi connectivity index (χ0v) is 18.9. The first-order chi connectivity index (χ1) is 16.0. The molecule has 0 fully saturated rings. The predicted octanol–water partition coefficient (Wildman–Crippen LogP) is 4.90. The Balaban J connectivity index is 1.36. The first kappa shape index (κ1) is 21.1. The highest BCUT2D eigenvalue weighted by Crippen LogP contribution is 2.23. The van der Waals surface area contributed by atoms with Crippen LogP contribution in [0.15, 0.2) is 67.3 Å². The van der Waals surface area contributed by atoms with Gasteiger partial charge in [0.15, 0.2) is 5.65 Å². The van der Waals surface area contributed by atoms with Crippen molar-refractivity contribution in [1.82, 2.24) is 29.4 Å². The Labute approximate surface area is 198 Å². The fourth-order valence-electron chi connectivity index (χ4n) is 3.42. The minimum atomic E-state index is -0.397. The van der Waals surface area contributed by atoms with E-state index in [2.05, 4.69) is 25.5 Å². The van der Waals surface area contributed by atoms with Gasteiger partial charge in [-0.2, -0.15) is 5.10 Å². The van der Waals surface area contributed by atoms with E-state index in [0.29, 0.717) is 27.8 Å². The molecule has 3 aromatic heterocycles. The van der Waals surface area contributed by atoms with Gasteiger partial charge in [0.05, 0.1) is 28.5 Å². The number of aryl methyl sites for hydroxylation is 1. The van der Waals surface area contributed by atoms with E-state index in [1.807, 2.05) is 43.3 Å². The molecule has 5 rings (SSSR count). The molecule has 2 aromatic carbocycles. The molecule has 8 nitrogen and oxygen atoms in total. The number of anilines is 1. The summed E-state index contributed by atoms with van der Waals surface area (Å²) in [4.78, 5) is 21.4. The van der Waals surface area contributed by atoms with Crippen LogP contribution in [0.25, 0.3) is 16.9 Å². The number of carbonyl (C=O) groups excluding carboxylic acids is 1. The van der Waals surface area contributed by atoms with E-state index in [1.54, 1.807) is 27.5 Å². The number of benzene rings is 2.